The number of thiophene rings is 2. The van der Waals surface area contributed by atoms with Crippen LogP contribution in [0.2, 0.25) is 0 Å². The van der Waals surface area contributed by atoms with Gasteiger partial charge >= 0.3 is 11.9 Å². The van der Waals surface area contributed by atoms with E-state index in [2.05, 4.69) is 16.1 Å². The Kier molecular flexibility index (Phi) is 11.3. The van der Waals surface area contributed by atoms with Crippen molar-refractivity contribution in [1.29, 1.82) is 0 Å². The van der Waals surface area contributed by atoms with Gasteiger partial charge in [-0.15, -0.1) is 22.7 Å². The minimum atomic E-state index is -0.751. The van der Waals surface area contributed by atoms with Gasteiger partial charge in [-0.05, 0) is 17.7 Å². The lowest BCUT2D eigenvalue weighted by molar-refractivity contribution is -0.141. The third kappa shape index (κ3) is 7.62. The zero-order valence-corrected chi connectivity index (χ0v) is 27.0. The van der Waals surface area contributed by atoms with E-state index >= 15 is 8.78 Å². The molecule has 0 bridgehead atoms. The number of carbonyl (C=O) groups is 4. The third-order valence-electron chi connectivity index (χ3n) is 6.76. The Labute approximate surface area is 270 Å². The van der Waals surface area contributed by atoms with Crippen molar-refractivity contribution in [2.75, 3.05) is 41.7 Å². The molecule has 4 rings (SSSR count). The van der Waals surface area contributed by atoms with Crippen molar-refractivity contribution >= 4 is 66.4 Å². The van der Waals surface area contributed by atoms with Gasteiger partial charge in [0.15, 0.2) is 46.2 Å². The Morgan fingerprint density at radius 3 is 1.39 bits per heavy atom. The first-order valence-electron chi connectivity index (χ1n) is 13.7. The largest absolute Gasteiger partial charge is 0.493 e. The second-order valence-corrected chi connectivity index (χ2v) is 12.0. The highest BCUT2D eigenvalue weighted by Gasteiger charge is 2.23. The van der Waals surface area contributed by atoms with Crippen LogP contribution in [0.5, 0.6) is 23.0 Å². The van der Waals surface area contributed by atoms with E-state index in [1.54, 1.807) is 12.1 Å². The molecule has 0 amide bonds. The fourth-order valence-electron chi connectivity index (χ4n) is 4.32. The first kappa shape index (κ1) is 34.3. The van der Waals surface area contributed by atoms with Crippen molar-refractivity contribution in [3.63, 3.8) is 0 Å². The van der Waals surface area contributed by atoms with Crippen molar-refractivity contribution < 1.29 is 56.4 Å². The van der Waals surface area contributed by atoms with Crippen molar-refractivity contribution in [3.05, 3.63) is 57.8 Å². The topological polar surface area (TPSA) is 124 Å². The second kappa shape index (κ2) is 15.1. The fraction of sp³-hybridized carbons (Fsp3) is 0.312. The summed E-state index contributed by atoms with van der Waals surface area (Å²) in [4.78, 5) is 48.4. The predicted octanol–water partition coefficient (Wildman–Crippen LogP) is 6.70. The van der Waals surface area contributed by atoms with E-state index in [1.807, 2.05) is 0 Å². The lowest BCUT2D eigenvalue weighted by Crippen LogP contribution is -2.11. The molecule has 46 heavy (non-hydrogen) atoms. The Balaban J connectivity index is 1.46. The van der Waals surface area contributed by atoms with Crippen LogP contribution in [-0.2, 0) is 19.1 Å². The highest BCUT2D eigenvalue weighted by Crippen LogP contribution is 2.42. The van der Waals surface area contributed by atoms with Crippen LogP contribution < -0.4 is 18.9 Å². The minimum absolute atomic E-state index is 0.0809. The Hall–Kier alpha value is -4.56. The molecule has 0 saturated heterocycles. The number of benzene rings is 2. The summed E-state index contributed by atoms with van der Waals surface area (Å²) in [5.74, 6) is -3.47. The van der Waals surface area contributed by atoms with E-state index in [1.165, 1.54) is 40.6 Å². The maximum absolute atomic E-state index is 15.6. The van der Waals surface area contributed by atoms with E-state index in [0.29, 0.717) is 15.0 Å². The quantitative estimate of drug-likeness (QED) is 0.0720. The second-order valence-electron chi connectivity index (χ2n) is 9.81. The van der Waals surface area contributed by atoms with Crippen LogP contribution in [-0.4, -0.2) is 65.2 Å². The highest BCUT2D eigenvalue weighted by molar-refractivity contribution is 7.21. The predicted molar refractivity (Wildman–Crippen MR) is 168 cm³/mol. The molecule has 10 nitrogen and oxygen atoms in total. The van der Waals surface area contributed by atoms with Crippen molar-refractivity contribution in [2.45, 2.75) is 25.7 Å². The Morgan fingerprint density at radius 2 is 1.04 bits per heavy atom. The van der Waals surface area contributed by atoms with E-state index < -0.39 is 23.6 Å². The molecule has 2 aromatic carbocycles. The number of fused-ring (bicyclic) bond motifs is 2. The van der Waals surface area contributed by atoms with Gasteiger partial charge in [-0.25, -0.2) is 8.78 Å². The normalized spacial score (nSPS) is 10.9. The van der Waals surface area contributed by atoms with Crippen LogP contribution in [0.1, 0.15) is 45.0 Å². The summed E-state index contributed by atoms with van der Waals surface area (Å²) in [5, 5.41) is 0.284. The monoisotopic (exact) mass is 676 g/mol. The smallest absolute Gasteiger partial charge is 0.305 e. The molecule has 244 valence electrons. The Bertz CT molecular complexity index is 1690. The van der Waals surface area contributed by atoms with Crippen LogP contribution in [0.15, 0.2) is 36.4 Å². The van der Waals surface area contributed by atoms with Gasteiger partial charge in [0.1, 0.15) is 13.2 Å². The number of ketones is 2. The average molecular weight is 677 g/mol. The van der Waals surface area contributed by atoms with Gasteiger partial charge in [-0.3, -0.25) is 19.2 Å². The summed E-state index contributed by atoms with van der Waals surface area (Å²) >= 11 is 2.12. The Morgan fingerprint density at radius 1 is 0.652 bits per heavy atom. The van der Waals surface area contributed by atoms with Gasteiger partial charge in [-0.2, -0.15) is 0 Å². The highest BCUT2D eigenvalue weighted by atomic mass is 32.1. The zero-order chi connectivity index (χ0) is 33.5. The number of ether oxygens (including phenoxy) is 6. The first-order valence-corrected chi connectivity index (χ1v) is 15.4. The summed E-state index contributed by atoms with van der Waals surface area (Å²) in [6.07, 6.45) is -0.348. The van der Waals surface area contributed by atoms with Crippen molar-refractivity contribution in [3.8, 4) is 23.0 Å². The van der Waals surface area contributed by atoms with Gasteiger partial charge < -0.3 is 28.4 Å². The summed E-state index contributed by atoms with van der Waals surface area (Å²) in [6, 6.07) is 5.87. The van der Waals surface area contributed by atoms with Crippen LogP contribution in [0.4, 0.5) is 8.78 Å². The van der Waals surface area contributed by atoms with Gasteiger partial charge in [0.05, 0.1) is 51.0 Å². The van der Waals surface area contributed by atoms with Crippen molar-refractivity contribution in [1.82, 2.24) is 0 Å². The zero-order valence-electron chi connectivity index (χ0n) is 25.4. The molecule has 0 aliphatic rings. The van der Waals surface area contributed by atoms with E-state index in [9.17, 15) is 19.2 Å². The lowest BCUT2D eigenvalue weighted by atomic mass is 10.1. The average Bonchev–Trinajstić information content (AvgIpc) is 3.70. The van der Waals surface area contributed by atoms with E-state index in [-0.39, 0.29) is 94.0 Å². The third-order valence-corrected chi connectivity index (χ3v) is 9.01. The van der Waals surface area contributed by atoms with Gasteiger partial charge in [0, 0.05) is 45.1 Å². The molecule has 0 fully saturated rings. The number of rotatable bonds is 16. The van der Waals surface area contributed by atoms with Gasteiger partial charge in [0.25, 0.3) is 0 Å². The standard InChI is InChI=1S/C32H30F2O10S2/c1-16(14-43-31-21(39-2)12-23-17(29(31)33)10-25(45-23)19(35)6-8-27(37)41-4)15-44-32-22(40-3)13-24-18(30(32)34)11-26(46-24)20(36)7-9-28(38)42-5/h10-13H,1,6-9,14-15H2,2-5H3. The molecule has 0 saturated carbocycles. The molecule has 0 unspecified atom stereocenters. The number of hydrogen-bond donors (Lipinski definition) is 0. The number of halogens is 2. The van der Waals surface area contributed by atoms with Crippen LogP contribution in [0.25, 0.3) is 20.2 Å². The number of carbonyl (C=O) groups excluding carboxylic acids is 4. The maximum Gasteiger partial charge on any atom is 0.305 e. The molecule has 14 heteroatoms. The van der Waals surface area contributed by atoms with Crippen LogP contribution in [0.3, 0.4) is 0 Å². The molecule has 2 aromatic heterocycles. The maximum atomic E-state index is 15.6. The molecule has 0 N–H and O–H groups in total. The lowest BCUT2D eigenvalue weighted by Gasteiger charge is -2.15. The number of Topliss-reactive ketones (excluding diaryl/α,β-unsaturated/α-hetero) is 2. The van der Waals surface area contributed by atoms with E-state index in [0.717, 1.165) is 22.7 Å². The molecule has 0 aliphatic heterocycles. The fourth-order valence-corrected chi connectivity index (χ4v) is 6.42. The molecule has 4 aromatic rings. The summed E-state index contributed by atoms with van der Waals surface area (Å²) < 4.78 is 63.2. The van der Waals surface area contributed by atoms with Crippen molar-refractivity contribution in [2.24, 2.45) is 0 Å². The molecule has 0 radical (unpaired) electrons. The van der Waals surface area contributed by atoms with Crippen LogP contribution >= 0.6 is 22.7 Å². The van der Waals surface area contributed by atoms with E-state index in [4.69, 9.17) is 18.9 Å². The molecular weight excluding hydrogens is 646 g/mol. The molecule has 0 aliphatic carbocycles. The number of methoxy groups -OCH3 is 4. The number of hydrogen-bond acceptors (Lipinski definition) is 12. The summed E-state index contributed by atoms with van der Waals surface area (Å²) in [5.41, 5.74) is 0.316. The van der Waals surface area contributed by atoms with Gasteiger partial charge in [-0.1, -0.05) is 6.58 Å². The van der Waals surface area contributed by atoms with Crippen LogP contribution in [0, 0.1) is 11.6 Å². The first-order chi connectivity index (χ1) is 22.0. The summed E-state index contributed by atoms with van der Waals surface area (Å²) in [7, 11) is 5.14. The minimum Gasteiger partial charge on any atom is -0.493 e. The molecule has 0 atom stereocenters. The summed E-state index contributed by atoms with van der Waals surface area (Å²) in [6.45, 7) is 3.43. The number of esters is 2. The molecule has 2 heterocycles. The molecule has 0 spiro atoms. The molecular formula is C32H30F2O10S2. The SMILES string of the molecule is C=C(COc1c(OC)cc2sc(C(=O)CCC(=O)OC)cc2c1F)COc1c(OC)cc2sc(C(=O)CCC(=O)OC)cc2c1F. The van der Waals surface area contributed by atoms with Gasteiger partial charge in [0.2, 0.25) is 0 Å².